The molecule has 1 heterocycles. The van der Waals surface area contributed by atoms with E-state index in [1.54, 1.807) is 24.3 Å². The molecule has 10 heteroatoms. The van der Waals surface area contributed by atoms with Crippen molar-refractivity contribution in [1.29, 1.82) is 0 Å². The number of nitrogens with one attached hydrogen (secondary N) is 1. The molecule has 0 radical (unpaired) electrons. The van der Waals surface area contributed by atoms with Gasteiger partial charge >= 0.3 is 5.69 Å². The fourth-order valence-corrected chi connectivity index (χ4v) is 2.14. The summed E-state index contributed by atoms with van der Waals surface area (Å²) in [6, 6.07) is 6.79. The molecule has 0 aliphatic rings. The average Bonchev–Trinajstić information content (AvgIpc) is 2.56. The minimum Gasteiger partial charge on any atom is -0.395 e. The Morgan fingerprint density at radius 2 is 1.83 bits per heavy atom. The normalized spacial score (nSPS) is 10.5. The lowest BCUT2D eigenvalue weighted by atomic mass is 10.3. The summed E-state index contributed by atoms with van der Waals surface area (Å²) in [6.45, 7) is -0.278. The zero-order chi connectivity index (χ0) is 17.5. The number of nitrogens with zero attached hydrogens (tertiary/aromatic N) is 4. The highest BCUT2D eigenvalue weighted by atomic mass is 35.5. The van der Waals surface area contributed by atoms with Gasteiger partial charge in [-0.25, -0.2) is 4.98 Å². The fraction of sp³-hybridized carbons (Fsp3) is 0.286. The van der Waals surface area contributed by atoms with E-state index >= 15 is 0 Å². The van der Waals surface area contributed by atoms with Crippen molar-refractivity contribution < 1.29 is 15.1 Å². The van der Waals surface area contributed by atoms with Crippen molar-refractivity contribution in [2.75, 3.05) is 36.5 Å². The number of aliphatic hydroxyl groups excluding tert-OH is 2. The van der Waals surface area contributed by atoms with Gasteiger partial charge in [-0.3, -0.25) is 10.1 Å². The molecule has 0 aliphatic heterocycles. The smallest absolute Gasteiger partial charge is 0.329 e. The van der Waals surface area contributed by atoms with Crippen LogP contribution in [0.15, 0.2) is 30.5 Å². The highest BCUT2D eigenvalue weighted by molar-refractivity contribution is 6.30. The van der Waals surface area contributed by atoms with E-state index in [4.69, 9.17) is 21.8 Å². The van der Waals surface area contributed by atoms with Crippen molar-refractivity contribution in [2.24, 2.45) is 0 Å². The number of halogens is 1. The van der Waals surface area contributed by atoms with Crippen molar-refractivity contribution in [3.8, 4) is 0 Å². The Morgan fingerprint density at radius 3 is 2.38 bits per heavy atom. The molecule has 0 saturated carbocycles. The SMILES string of the molecule is O=[N+]([O-])c1cnc(Nc2ccc(Cl)cc2)nc1N(CCO)CCO. The second-order valence-electron chi connectivity index (χ2n) is 4.73. The Bertz CT molecular complexity index is 692. The molecule has 2 aromatic rings. The quantitative estimate of drug-likeness (QED) is 0.482. The first-order valence-corrected chi connectivity index (χ1v) is 7.43. The first kappa shape index (κ1) is 17.9. The fourth-order valence-electron chi connectivity index (χ4n) is 2.02. The predicted molar refractivity (Wildman–Crippen MR) is 89.8 cm³/mol. The van der Waals surface area contributed by atoms with Gasteiger partial charge in [-0.1, -0.05) is 11.6 Å². The van der Waals surface area contributed by atoms with Gasteiger partial charge in [-0.15, -0.1) is 0 Å². The molecule has 24 heavy (non-hydrogen) atoms. The largest absolute Gasteiger partial charge is 0.395 e. The number of benzene rings is 1. The van der Waals surface area contributed by atoms with Gasteiger partial charge < -0.3 is 20.4 Å². The maximum atomic E-state index is 11.2. The Kier molecular flexibility index (Phi) is 6.24. The number of hydrogen-bond acceptors (Lipinski definition) is 8. The summed E-state index contributed by atoms with van der Waals surface area (Å²) in [7, 11) is 0. The number of rotatable bonds is 8. The van der Waals surface area contributed by atoms with Crippen LogP contribution in [0.1, 0.15) is 0 Å². The maximum absolute atomic E-state index is 11.2. The Morgan fingerprint density at radius 1 is 1.21 bits per heavy atom. The lowest BCUT2D eigenvalue weighted by Gasteiger charge is -2.21. The molecule has 9 nitrogen and oxygen atoms in total. The van der Waals surface area contributed by atoms with E-state index in [1.165, 1.54) is 4.90 Å². The maximum Gasteiger partial charge on any atom is 0.329 e. The van der Waals surface area contributed by atoms with E-state index in [-0.39, 0.29) is 43.8 Å². The van der Waals surface area contributed by atoms with Crippen LogP contribution in [0.4, 0.5) is 23.1 Å². The molecule has 1 aromatic heterocycles. The van der Waals surface area contributed by atoms with Crippen molar-refractivity contribution in [3.63, 3.8) is 0 Å². The first-order valence-electron chi connectivity index (χ1n) is 7.06. The number of hydrogen-bond donors (Lipinski definition) is 3. The molecule has 0 bridgehead atoms. The van der Waals surface area contributed by atoms with Crippen LogP contribution >= 0.6 is 11.6 Å². The monoisotopic (exact) mass is 353 g/mol. The molecule has 0 spiro atoms. The Balaban J connectivity index is 2.35. The summed E-state index contributed by atoms with van der Waals surface area (Å²) < 4.78 is 0. The summed E-state index contributed by atoms with van der Waals surface area (Å²) in [5.74, 6) is 0.174. The van der Waals surface area contributed by atoms with Crippen molar-refractivity contribution in [2.45, 2.75) is 0 Å². The summed E-state index contributed by atoms with van der Waals surface area (Å²) in [4.78, 5) is 20.1. The minimum absolute atomic E-state index is 0.0227. The molecular weight excluding hydrogens is 338 g/mol. The summed E-state index contributed by atoms with van der Waals surface area (Å²) in [5.41, 5.74) is 0.355. The van der Waals surface area contributed by atoms with E-state index in [2.05, 4.69) is 15.3 Å². The van der Waals surface area contributed by atoms with Crippen LogP contribution in [0.5, 0.6) is 0 Å². The van der Waals surface area contributed by atoms with E-state index in [0.29, 0.717) is 10.7 Å². The Labute approximate surface area is 142 Å². The molecule has 128 valence electrons. The van der Waals surface area contributed by atoms with E-state index in [9.17, 15) is 10.1 Å². The molecule has 0 unspecified atom stereocenters. The molecule has 3 N–H and O–H groups in total. The molecule has 2 rings (SSSR count). The second kappa shape index (κ2) is 8.39. The van der Waals surface area contributed by atoms with Gasteiger partial charge in [0, 0.05) is 23.8 Å². The van der Waals surface area contributed by atoms with Crippen LogP contribution in [0.25, 0.3) is 0 Å². The topological polar surface area (TPSA) is 125 Å². The number of nitro groups is 1. The van der Waals surface area contributed by atoms with Crippen LogP contribution < -0.4 is 10.2 Å². The van der Waals surface area contributed by atoms with E-state index in [0.717, 1.165) is 6.20 Å². The first-order chi connectivity index (χ1) is 11.5. The highest BCUT2D eigenvalue weighted by Crippen LogP contribution is 2.27. The van der Waals surface area contributed by atoms with E-state index in [1.807, 2.05) is 0 Å². The van der Waals surface area contributed by atoms with Gasteiger partial charge in [-0.05, 0) is 24.3 Å². The molecule has 0 saturated heterocycles. The zero-order valence-electron chi connectivity index (χ0n) is 12.6. The number of anilines is 3. The van der Waals surface area contributed by atoms with Crippen molar-refractivity contribution >= 4 is 34.7 Å². The minimum atomic E-state index is -0.608. The number of aromatic nitrogens is 2. The van der Waals surface area contributed by atoms with Crippen molar-refractivity contribution in [1.82, 2.24) is 9.97 Å². The van der Waals surface area contributed by atoms with Gasteiger partial charge in [0.1, 0.15) is 6.20 Å². The summed E-state index contributed by atoms with van der Waals surface area (Å²) in [5, 5.41) is 32.9. The van der Waals surface area contributed by atoms with Gasteiger partial charge in [0.2, 0.25) is 11.8 Å². The predicted octanol–water partition coefficient (Wildman–Crippen LogP) is 1.57. The third kappa shape index (κ3) is 4.51. The summed E-state index contributed by atoms with van der Waals surface area (Å²) in [6.07, 6.45) is 1.09. The van der Waals surface area contributed by atoms with Crippen LogP contribution in [0, 0.1) is 10.1 Å². The van der Waals surface area contributed by atoms with Crippen molar-refractivity contribution in [3.05, 3.63) is 45.6 Å². The van der Waals surface area contributed by atoms with E-state index < -0.39 is 4.92 Å². The molecule has 1 aromatic carbocycles. The van der Waals surface area contributed by atoms with Gasteiger partial charge in [0.25, 0.3) is 0 Å². The standard InChI is InChI=1S/C14H16ClN5O4/c15-10-1-3-11(4-2-10)17-14-16-9-12(20(23)24)13(18-14)19(5-7-21)6-8-22/h1-4,9,21-22H,5-8H2,(H,16,17,18). The lowest BCUT2D eigenvalue weighted by molar-refractivity contribution is -0.384. The molecule has 0 atom stereocenters. The van der Waals surface area contributed by atoms with Gasteiger partial charge in [-0.2, -0.15) is 4.98 Å². The molecular formula is C14H16ClN5O4. The number of aliphatic hydroxyl groups is 2. The van der Waals surface area contributed by atoms with Crippen LogP contribution in [0.2, 0.25) is 5.02 Å². The summed E-state index contributed by atoms with van der Waals surface area (Å²) >= 11 is 5.82. The average molecular weight is 354 g/mol. The van der Waals surface area contributed by atoms with Gasteiger partial charge in [0.05, 0.1) is 18.1 Å². The van der Waals surface area contributed by atoms with Crippen LogP contribution in [-0.2, 0) is 0 Å². The van der Waals surface area contributed by atoms with Gasteiger partial charge in [0.15, 0.2) is 0 Å². The van der Waals surface area contributed by atoms with Crippen LogP contribution in [0.3, 0.4) is 0 Å². The highest BCUT2D eigenvalue weighted by Gasteiger charge is 2.22. The molecule has 0 amide bonds. The third-order valence-electron chi connectivity index (χ3n) is 3.09. The zero-order valence-corrected chi connectivity index (χ0v) is 13.3. The second-order valence-corrected chi connectivity index (χ2v) is 5.16. The third-order valence-corrected chi connectivity index (χ3v) is 3.34. The lowest BCUT2D eigenvalue weighted by Crippen LogP contribution is -2.31. The van der Waals surface area contributed by atoms with Crippen LogP contribution in [-0.4, -0.2) is 51.4 Å². The molecule has 0 aliphatic carbocycles. The molecule has 0 fully saturated rings. The Hall–Kier alpha value is -2.49.